The number of alkyl halides is 6. The number of hydrogen-bond donors (Lipinski definition) is 0. The number of aromatic nitrogens is 2. The first-order valence-electron chi connectivity index (χ1n) is 11.7. The SMILES string of the molecule is FC(F)(F)c1ccc(Cn2c(-c3ccc(C(F)(F)F)cc3)nc(-c3ccccc3)c2-c2ccccc2)cc1. The van der Waals surface area contributed by atoms with Gasteiger partial charge in [0.2, 0.25) is 0 Å². The molecule has 2 nitrogen and oxygen atoms in total. The lowest BCUT2D eigenvalue weighted by Crippen LogP contribution is -2.08. The van der Waals surface area contributed by atoms with Crippen molar-refractivity contribution in [3.8, 4) is 33.9 Å². The lowest BCUT2D eigenvalue weighted by molar-refractivity contribution is -0.138. The Balaban J connectivity index is 1.71. The van der Waals surface area contributed by atoms with Gasteiger partial charge in [0.05, 0.1) is 22.5 Å². The topological polar surface area (TPSA) is 17.8 Å². The van der Waals surface area contributed by atoms with E-state index in [1.54, 1.807) is 0 Å². The van der Waals surface area contributed by atoms with Crippen molar-refractivity contribution in [1.29, 1.82) is 0 Å². The maximum absolute atomic E-state index is 13.2. The Labute approximate surface area is 214 Å². The quantitative estimate of drug-likeness (QED) is 0.211. The fraction of sp³-hybridized carbons (Fsp3) is 0.100. The summed E-state index contributed by atoms with van der Waals surface area (Å²) in [5, 5.41) is 0. The zero-order valence-electron chi connectivity index (χ0n) is 19.8. The van der Waals surface area contributed by atoms with E-state index in [1.165, 1.54) is 24.3 Å². The van der Waals surface area contributed by atoms with Crippen molar-refractivity contribution >= 4 is 0 Å². The van der Waals surface area contributed by atoms with Crippen molar-refractivity contribution in [3.63, 3.8) is 0 Å². The highest BCUT2D eigenvalue weighted by atomic mass is 19.4. The molecule has 0 unspecified atom stereocenters. The summed E-state index contributed by atoms with van der Waals surface area (Å²) in [6.07, 6.45) is -8.95. The van der Waals surface area contributed by atoms with Crippen molar-refractivity contribution in [1.82, 2.24) is 9.55 Å². The molecule has 0 aliphatic heterocycles. The maximum Gasteiger partial charge on any atom is 0.416 e. The van der Waals surface area contributed by atoms with Gasteiger partial charge in [-0.1, -0.05) is 84.9 Å². The highest BCUT2D eigenvalue weighted by molar-refractivity contribution is 5.82. The van der Waals surface area contributed by atoms with E-state index < -0.39 is 23.5 Å². The third kappa shape index (κ3) is 5.20. The third-order valence-electron chi connectivity index (χ3n) is 6.15. The number of benzene rings is 4. The van der Waals surface area contributed by atoms with Gasteiger partial charge in [0, 0.05) is 23.2 Å². The number of imidazole rings is 1. The molecule has 0 saturated carbocycles. The molecule has 192 valence electrons. The monoisotopic (exact) mass is 522 g/mol. The normalized spacial score (nSPS) is 12.1. The molecule has 8 heteroatoms. The standard InChI is InChI=1S/C30H20F6N2/c31-29(32,33)24-15-11-20(12-16-24)19-38-27(22-9-5-2-6-10-22)26(21-7-3-1-4-8-21)37-28(38)23-13-17-25(18-14-23)30(34,35)36/h1-18H,19H2. The predicted molar refractivity (Wildman–Crippen MR) is 134 cm³/mol. The summed E-state index contributed by atoms with van der Waals surface area (Å²) in [6.45, 7) is 0.151. The van der Waals surface area contributed by atoms with E-state index >= 15 is 0 Å². The van der Waals surface area contributed by atoms with Crippen molar-refractivity contribution in [3.05, 3.63) is 126 Å². The molecule has 0 amide bonds. The molecule has 0 N–H and O–H groups in total. The first-order chi connectivity index (χ1) is 18.1. The molecular formula is C30H20F6N2. The van der Waals surface area contributed by atoms with Crippen LogP contribution in [0.5, 0.6) is 0 Å². The number of nitrogens with zero attached hydrogens (tertiary/aromatic N) is 2. The molecule has 0 spiro atoms. The van der Waals surface area contributed by atoms with Crippen LogP contribution >= 0.6 is 0 Å². The van der Waals surface area contributed by atoms with E-state index in [2.05, 4.69) is 0 Å². The fourth-order valence-corrected chi connectivity index (χ4v) is 4.30. The first-order valence-corrected chi connectivity index (χ1v) is 11.7. The minimum Gasteiger partial charge on any atom is -0.319 e. The van der Waals surface area contributed by atoms with E-state index in [0.29, 0.717) is 28.3 Å². The van der Waals surface area contributed by atoms with Gasteiger partial charge in [-0.15, -0.1) is 0 Å². The summed E-state index contributed by atoms with van der Waals surface area (Å²) in [7, 11) is 0. The second-order valence-electron chi connectivity index (χ2n) is 8.72. The third-order valence-corrected chi connectivity index (χ3v) is 6.15. The van der Waals surface area contributed by atoms with Gasteiger partial charge in [-0.25, -0.2) is 4.98 Å². The van der Waals surface area contributed by atoms with Crippen LogP contribution in [-0.2, 0) is 18.9 Å². The lowest BCUT2D eigenvalue weighted by atomic mass is 10.0. The molecule has 1 heterocycles. The first kappa shape index (κ1) is 25.3. The summed E-state index contributed by atoms with van der Waals surface area (Å²) >= 11 is 0. The van der Waals surface area contributed by atoms with Crippen LogP contribution < -0.4 is 0 Å². The Morgan fingerprint density at radius 3 is 1.50 bits per heavy atom. The molecule has 0 fully saturated rings. The van der Waals surface area contributed by atoms with Crippen LogP contribution in [-0.4, -0.2) is 9.55 Å². The van der Waals surface area contributed by atoms with Crippen molar-refractivity contribution in [2.75, 3.05) is 0 Å². The van der Waals surface area contributed by atoms with Crippen LogP contribution in [0.1, 0.15) is 16.7 Å². The second kappa shape index (κ2) is 9.85. The highest BCUT2D eigenvalue weighted by Gasteiger charge is 2.31. The minimum atomic E-state index is -4.49. The predicted octanol–water partition coefficient (Wildman–Crippen LogP) is 8.97. The zero-order valence-corrected chi connectivity index (χ0v) is 19.8. The van der Waals surface area contributed by atoms with Crippen LogP contribution in [0, 0.1) is 0 Å². The summed E-state index contributed by atoms with van der Waals surface area (Å²) in [5.74, 6) is 0.399. The van der Waals surface area contributed by atoms with Gasteiger partial charge >= 0.3 is 12.4 Å². The average molecular weight is 522 g/mol. The van der Waals surface area contributed by atoms with Gasteiger partial charge in [0.15, 0.2) is 0 Å². The number of rotatable bonds is 5. The summed E-state index contributed by atoms with van der Waals surface area (Å²) < 4.78 is 80.9. The van der Waals surface area contributed by atoms with Gasteiger partial charge in [-0.3, -0.25) is 0 Å². The number of halogens is 6. The van der Waals surface area contributed by atoms with Crippen LogP contribution in [0.3, 0.4) is 0 Å². The Morgan fingerprint density at radius 2 is 1.00 bits per heavy atom. The van der Waals surface area contributed by atoms with E-state index in [0.717, 1.165) is 35.4 Å². The smallest absolute Gasteiger partial charge is 0.319 e. The van der Waals surface area contributed by atoms with E-state index in [9.17, 15) is 26.3 Å². The van der Waals surface area contributed by atoms with Crippen LogP contribution in [0.4, 0.5) is 26.3 Å². The molecule has 4 aromatic carbocycles. The Kier molecular flexibility index (Phi) is 6.57. The van der Waals surface area contributed by atoms with Gasteiger partial charge in [0.25, 0.3) is 0 Å². The van der Waals surface area contributed by atoms with E-state index in [4.69, 9.17) is 4.98 Å². The molecule has 5 aromatic rings. The summed E-state index contributed by atoms with van der Waals surface area (Å²) in [4.78, 5) is 4.87. The van der Waals surface area contributed by atoms with Crippen molar-refractivity contribution in [2.24, 2.45) is 0 Å². The molecule has 38 heavy (non-hydrogen) atoms. The molecule has 0 radical (unpaired) electrons. The fourth-order valence-electron chi connectivity index (χ4n) is 4.30. The van der Waals surface area contributed by atoms with Crippen LogP contribution in [0.2, 0.25) is 0 Å². The van der Waals surface area contributed by atoms with Crippen molar-refractivity contribution < 1.29 is 26.3 Å². The zero-order chi connectivity index (χ0) is 26.9. The summed E-state index contributed by atoms with van der Waals surface area (Å²) in [5.41, 5.74) is 2.40. The van der Waals surface area contributed by atoms with Crippen LogP contribution in [0.15, 0.2) is 109 Å². The highest BCUT2D eigenvalue weighted by Crippen LogP contribution is 2.38. The molecule has 5 rings (SSSR count). The lowest BCUT2D eigenvalue weighted by Gasteiger charge is -2.15. The van der Waals surface area contributed by atoms with Crippen LogP contribution in [0.25, 0.3) is 33.9 Å². The Hall–Kier alpha value is -4.33. The summed E-state index contributed by atoms with van der Waals surface area (Å²) in [6, 6.07) is 28.3. The van der Waals surface area contributed by atoms with Gasteiger partial charge in [0.1, 0.15) is 5.82 Å². The molecule has 0 aliphatic carbocycles. The Bertz CT molecular complexity index is 1520. The second-order valence-corrected chi connectivity index (χ2v) is 8.72. The minimum absolute atomic E-state index is 0.151. The van der Waals surface area contributed by atoms with E-state index in [-0.39, 0.29) is 6.54 Å². The van der Waals surface area contributed by atoms with Gasteiger partial charge < -0.3 is 4.57 Å². The molecule has 0 bridgehead atoms. The number of hydrogen-bond acceptors (Lipinski definition) is 1. The van der Waals surface area contributed by atoms with Gasteiger partial charge in [-0.2, -0.15) is 26.3 Å². The Morgan fingerprint density at radius 1 is 0.526 bits per heavy atom. The molecular weight excluding hydrogens is 502 g/mol. The van der Waals surface area contributed by atoms with Crippen molar-refractivity contribution in [2.45, 2.75) is 18.9 Å². The van der Waals surface area contributed by atoms with Gasteiger partial charge in [-0.05, 0) is 29.8 Å². The van der Waals surface area contributed by atoms with E-state index in [1.807, 2.05) is 65.2 Å². The molecule has 0 saturated heterocycles. The largest absolute Gasteiger partial charge is 0.416 e. The molecule has 1 aromatic heterocycles. The molecule has 0 aliphatic rings. The molecule has 0 atom stereocenters. The average Bonchev–Trinajstić information content (AvgIpc) is 3.28. The maximum atomic E-state index is 13.2.